The van der Waals surface area contributed by atoms with Crippen LogP contribution in [0, 0.1) is 0 Å². The van der Waals surface area contributed by atoms with Crippen LogP contribution in [-0.4, -0.2) is 16.8 Å². The number of carbonyl (C=O) groups excluding carboxylic acids is 2. The number of carbonyl (C=O) groups is 2. The SMILES string of the molecule is CCc1ccc2c(c1)C(=O)C(=O)N2Cc1ccno1. The molecule has 1 aromatic carbocycles. The van der Waals surface area contributed by atoms with Crippen molar-refractivity contribution in [3.05, 3.63) is 47.3 Å². The summed E-state index contributed by atoms with van der Waals surface area (Å²) in [4.78, 5) is 25.4. The smallest absolute Gasteiger partial charge is 0.299 e. The molecule has 0 aliphatic carbocycles. The van der Waals surface area contributed by atoms with Crippen LogP contribution in [0.1, 0.15) is 28.6 Å². The summed E-state index contributed by atoms with van der Waals surface area (Å²) in [5, 5.41) is 3.59. The average molecular weight is 256 g/mol. The Morgan fingerprint density at radius 3 is 2.79 bits per heavy atom. The lowest BCUT2D eigenvalue weighted by Gasteiger charge is -2.14. The number of hydrogen-bond acceptors (Lipinski definition) is 4. The summed E-state index contributed by atoms with van der Waals surface area (Å²) >= 11 is 0. The van der Waals surface area contributed by atoms with Crippen LogP contribution in [0.5, 0.6) is 0 Å². The number of fused-ring (bicyclic) bond motifs is 1. The first-order chi connectivity index (χ1) is 9.20. The molecule has 1 aliphatic heterocycles. The fourth-order valence-corrected chi connectivity index (χ4v) is 2.20. The highest BCUT2D eigenvalue weighted by Gasteiger charge is 2.36. The van der Waals surface area contributed by atoms with E-state index in [9.17, 15) is 9.59 Å². The van der Waals surface area contributed by atoms with Gasteiger partial charge in [-0.1, -0.05) is 18.1 Å². The van der Waals surface area contributed by atoms with E-state index in [1.165, 1.54) is 11.1 Å². The van der Waals surface area contributed by atoms with Crippen LogP contribution >= 0.6 is 0 Å². The van der Waals surface area contributed by atoms with E-state index in [-0.39, 0.29) is 6.54 Å². The van der Waals surface area contributed by atoms with Crippen LogP contribution in [-0.2, 0) is 17.8 Å². The second kappa shape index (κ2) is 4.35. The molecule has 0 atom stereocenters. The van der Waals surface area contributed by atoms with Gasteiger partial charge in [0.2, 0.25) is 0 Å². The number of amides is 1. The molecule has 1 amide bonds. The first-order valence-corrected chi connectivity index (χ1v) is 6.09. The number of nitrogens with zero attached hydrogens (tertiary/aromatic N) is 2. The second-order valence-electron chi connectivity index (χ2n) is 4.40. The zero-order chi connectivity index (χ0) is 13.4. The lowest BCUT2D eigenvalue weighted by Crippen LogP contribution is -2.28. The van der Waals surface area contributed by atoms with E-state index in [0.717, 1.165) is 12.0 Å². The number of hydrogen-bond donors (Lipinski definition) is 0. The van der Waals surface area contributed by atoms with E-state index in [2.05, 4.69) is 5.16 Å². The van der Waals surface area contributed by atoms with Crippen LogP contribution in [0.15, 0.2) is 35.0 Å². The first kappa shape index (κ1) is 11.6. The van der Waals surface area contributed by atoms with Crippen LogP contribution in [0.3, 0.4) is 0 Å². The number of aryl methyl sites for hydroxylation is 1. The van der Waals surface area contributed by atoms with Gasteiger partial charge in [0.15, 0.2) is 5.76 Å². The Bertz CT molecular complexity index is 647. The van der Waals surface area contributed by atoms with Crippen LogP contribution in [0.4, 0.5) is 5.69 Å². The van der Waals surface area contributed by atoms with E-state index < -0.39 is 11.7 Å². The molecule has 3 rings (SSSR count). The van der Waals surface area contributed by atoms with E-state index in [0.29, 0.717) is 17.0 Å². The predicted octanol–water partition coefficient (Wildman–Crippen LogP) is 1.97. The van der Waals surface area contributed by atoms with Gasteiger partial charge in [0.1, 0.15) is 0 Å². The third-order valence-corrected chi connectivity index (χ3v) is 3.25. The van der Waals surface area contributed by atoms with Crippen molar-refractivity contribution in [2.24, 2.45) is 0 Å². The number of benzene rings is 1. The van der Waals surface area contributed by atoms with Crippen molar-refractivity contribution in [3.8, 4) is 0 Å². The summed E-state index contributed by atoms with van der Waals surface area (Å²) in [5.41, 5.74) is 2.16. The molecule has 0 N–H and O–H groups in total. The minimum Gasteiger partial charge on any atom is -0.359 e. The summed E-state index contributed by atoms with van der Waals surface area (Å²) in [6.07, 6.45) is 2.34. The topological polar surface area (TPSA) is 63.4 Å². The highest BCUT2D eigenvalue weighted by Crippen LogP contribution is 2.31. The molecule has 2 aromatic rings. The van der Waals surface area contributed by atoms with Gasteiger partial charge in [0.25, 0.3) is 11.7 Å². The van der Waals surface area contributed by atoms with Crippen LogP contribution in [0.25, 0.3) is 0 Å². The Morgan fingerprint density at radius 2 is 2.11 bits per heavy atom. The summed E-state index contributed by atoms with van der Waals surface area (Å²) in [7, 11) is 0. The minimum absolute atomic E-state index is 0.225. The van der Waals surface area contributed by atoms with Gasteiger partial charge < -0.3 is 4.52 Å². The van der Waals surface area contributed by atoms with E-state index >= 15 is 0 Å². The van der Waals surface area contributed by atoms with Gasteiger partial charge in [0, 0.05) is 6.07 Å². The lowest BCUT2D eigenvalue weighted by atomic mass is 10.1. The Hall–Kier alpha value is -2.43. The normalized spacial score (nSPS) is 14.1. The Morgan fingerprint density at radius 1 is 1.26 bits per heavy atom. The maximum absolute atomic E-state index is 12.0. The van der Waals surface area contributed by atoms with E-state index in [1.807, 2.05) is 19.1 Å². The molecule has 1 aromatic heterocycles. The molecule has 0 fully saturated rings. The van der Waals surface area contributed by atoms with Gasteiger partial charge in [-0.25, -0.2) is 0 Å². The fourth-order valence-electron chi connectivity index (χ4n) is 2.20. The number of ketones is 1. The Kier molecular flexibility index (Phi) is 2.67. The van der Waals surface area contributed by atoms with Crippen molar-refractivity contribution in [2.75, 3.05) is 4.90 Å². The summed E-state index contributed by atoms with van der Waals surface area (Å²) in [6.45, 7) is 2.23. The highest BCUT2D eigenvalue weighted by atomic mass is 16.5. The molecule has 5 nitrogen and oxygen atoms in total. The van der Waals surface area contributed by atoms with Crippen molar-refractivity contribution >= 4 is 17.4 Å². The standard InChI is InChI=1S/C14H12N2O3/c1-2-9-3-4-12-11(7-9)13(17)14(18)16(12)8-10-5-6-15-19-10/h3-7H,2,8H2,1H3. The first-order valence-electron chi connectivity index (χ1n) is 6.09. The molecule has 0 unspecified atom stereocenters. The van der Waals surface area contributed by atoms with Gasteiger partial charge in [-0.3, -0.25) is 14.5 Å². The maximum atomic E-state index is 12.0. The molecule has 0 spiro atoms. The quantitative estimate of drug-likeness (QED) is 0.787. The molecular weight excluding hydrogens is 244 g/mol. The molecule has 2 heterocycles. The van der Waals surface area contributed by atoms with Crippen LogP contribution in [0.2, 0.25) is 0 Å². The highest BCUT2D eigenvalue weighted by molar-refractivity contribution is 6.52. The summed E-state index contributed by atoms with van der Waals surface area (Å²) in [5.74, 6) is -0.418. The van der Waals surface area contributed by atoms with Gasteiger partial charge >= 0.3 is 0 Å². The van der Waals surface area contributed by atoms with Crippen LogP contribution < -0.4 is 4.90 Å². The molecule has 0 radical (unpaired) electrons. The monoisotopic (exact) mass is 256 g/mol. The van der Waals surface area contributed by atoms with Gasteiger partial charge in [-0.15, -0.1) is 0 Å². The van der Waals surface area contributed by atoms with E-state index in [1.54, 1.807) is 12.1 Å². The molecule has 96 valence electrons. The third kappa shape index (κ3) is 1.83. The Labute approximate surface area is 109 Å². The fraction of sp³-hybridized carbons (Fsp3) is 0.214. The largest absolute Gasteiger partial charge is 0.359 e. The molecule has 0 saturated heterocycles. The zero-order valence-electron chi connectivity index (χ0n) is 10.4. The molecule has 19 heavy (non-hydrogen) atoms. The number of anilines is 1. The zero-order valence-corrected chi connectivity index (χ0v) is 10.4. The van der Waals surface area contributed by atoms with Crippen molar-refractivity contribution in [3.63, 3.8) is 0 Å². The third-order valence-electron chi connectivity index (χ3n) is 3.25. The second-order valence-corrected chi connectivity index (χ2v) is 4.40. The van der Waals surface area contributed by atoms with Crippen molar-refractivity contribution < 1.29 is 14.1 Å². The number of Topliss-reactive ketones (excluding diaryl/α,β-unsaturated/α-hetero) is 1. The number of rotatable bonds is 3. The van der Waals surface area contributed by atoms with Gasteiger partial charge in [0.05, 0.1) is 24.0 Å². The molecule has 1 aliphatic rings. The maximum Gasteiger partial charge on any atom is 0.299 e. The average Bonchev–Trinajstić information content (AvgIpc) is 3.02. The Balaban J connectivity index is 2.00. The molecule has 0 saturated carbocycles. The van der Waals surface area contributed by atoms with Crippen molar-refractivity contribution in [1.29, 1.82) is 0 Å². The summed E-state index contributed by atoms with van der Waals surface area (Å²) in [6, 6.07) is 7.21. The number of aromatic nitrogens is 1. The molecular formula is C14H12N2O3. The predicted molar refractivity (Wildman–Crippen MR) is 67.8 cm³/mol. The molecule has 5 heteroatoms. The van der Waals surface area contributed by atoms with E-state index in [4.69, 9.17) is 4.52 Å². The van der Waals surface area contributed by atoms with Crippen molar-refractivity contribution in [2.45, 2.75) is 19.9 Å². The van der Waals surface area contributed by atoms with Gasteiger partial charge in [-0.2, -0.15) is 0 Å². The lowest BCUT2D eigenvalue weighted by molar-refractivity contribution is -0.114. The summed E-state index contributed by atoms with van der Waals surface area (Å²) < 4.78 is 4.98. The minimum atomic E-state index is -0.514. The molecule has 0 bridgehead atoms. The van der Waals surface area contributed by atoms with Gasteiger partial charge in [-0.05, 0) is 24.1 Å². The van der Waals surface area contributed by atoms with Crippen molar-refractivity contribution in [1.82, 2.24) is 5.16 Å².